The molecule has 1 nitrogen and oxygen atoms in total. The Bertz CT molecular complexity index is 479. The molecule has 0 atom stereocenters. The zero-order chi connectivity index (χ0) is 9.54. The van der Waals surface area contributed by atoms with E-state index in [1.54, 1.807) is 11.1 Å². The summed E-state index contributed by atoms with van der Waals surface area (Å²) >= 11 is 0. The van der Waals surface area contributed by atoms with Crippen molar-refractivity contribution in [2.24, 2.45) is 0 Å². The summed E-state index contributed by atoms with van der Waals surface area (Å²) in [6, 6.07) is 4.59. The molecule has 3 rings (SSSR count). The van der Waals surface area contributed by atoms with Crippen molar-refractivity contribution >= 4 is 10.9 Å². The zero-order valence-corrected chi connectivity index (χ0v) is 8.56. The summed E-state index contributed by atoms with van der Waals surface area (Å²) < 4.78 is 0. The van der Waals surface area contributed by atoms with Crippen molar-refractivity contribution in [3.8, 4) is 0 Å². The van der Waals surface area contributed by atoms with Crippen molar-refractivity contribution in [1.82, 2.24) is 4.98 Å². The molecule has 0 bridgehead atoms. The molecule has 0 spiro atoms. The summed E-state index contributed by atoms with van der Waals surface area (Å²) in [5.41, 5.74) is 5.89. The molecule has 0 unspecified atom stereocenters. The average molecular weight is 185 g/mol. The largest absolute Gasteiger partial charge is 0.361 e. The maximum absolute atomic E-state index is 3.42. The molecule has 1 aromatic heterocycles. The van der Waals surface area contributed by atoms with Gasteiger partial charge in [0, 0.05) is 17.1 Å². The van der Waals surface area contributed by atoms with Crippen LogP contribution in [0.15, 0.2) is 18.3 Å². The fourth-order valence-electron chi connectivity index (χ4n) is 2.58. The number of fused-ring (bicyclic) bond motifs is 3. The van der Waals surface area contributed by atoms with Gasteiger partial charge in [-0.05, 0) is 49.3 Å². The Morgan fingerprint density at radius 2 is 2.00 bits per heavy atom. The summed E-state index contributed by atoms with van der Waals surface area (Å²) in [5.74, 6) is 0. The molecule has 1 aliphatic carbocycles. The molecule has 1 heterocycles. The van der Waals surface area contributed by atoms with Crippen LogP contribution in [0.4, 0.5) is 0 Å². The topological polar surface area (TPSA) is 15.8 Å². The highest BCUT2D eigenvalue weighted by Gasteiger charge is 2.13. The maximum Gasteiger partial charge on any atom is 0.0492 e. The second-order valence-corrected chi connectivity index (χ2v) is 4.30. The van der Waals surface area contributed by atoms with Gasteiger partial charge in [-0.25, -0.2) is 0 Å². The van der Waals surface area contributed by atoms with Crippen LogP contribution in [0.5, 0.6) is 0 Å². The van der Waals surface area contributed by atoms with Gasteiger partial charge in [0.05, 0.1) is 0 Å². The molecule has 0 saturated carbocycles. The SMILES string of the molecule is Cc1c[nH]c2c3c(ccc12)CCCC3. The first-order chi connectivity index (χ1) is 6.86. The highest BCUT2D eigenvalue weighted by molar-refractivity contribution is 5.87. The number of rotatable bonds is 0. The van der Waals surface area contributed by atoms with E-state index in [1.165, 1.54) is 42.1 Å². The molecule has 0 aliphatic heterocycles. The van der Waals surface area contributed by atoms with Crippen LogP contribution in [0.1, 0.15) is 29.5 Å². The van der Waals surface area contributed by atoms with Gasteiger partial charge in [0.1, 0.15) is 0 Å². The third kappa shape index (κ3) is 1.02. The standard InChI is InChI=1S/C13H15N/c1-9-8-14-13-11(9)7-6-10-4-2-3-5-12(10)13/h6-8,14H,2-5H2,1H3. The fraction of sp³-hybridized carbons (Fsp3) is 0.385. The van der Waals surface area contributed by atoms with E-state index in [0.717, 1.165) is 0 Å². The van der Waals surface area contributed by atoms with Gasteiger partial charge < -0.3 is 4.98 Å². The molecule has 1 N–H and O–H groups in total. The van der Waals surface area contributed by atoms with E-state index >= 15 is 0 Å². The average Bonchev–Trinajstić information content (AvgIpc) is 2.61. The number of benzene rings is 1. The molecule has 1 aliphatic rings. The number of nitrogens with one attached hydrogen (secondary N) is 1. The Labute approximate surface area is 84.1 Å². The molecule has 1 heteroatoms. The van der Waals surface area contributed by atoms with Crippen molar-refractivity contribution in [3.63, 3.8) is 0 Å². The van der Waals surface area contributed by atoms with E-state index in [2.05, 4.69) is 30.2 Å². The van der Waals surface area contributed by atoms with Gasteiger partial charge in [-0.15, -0.1) is 0 Å². The first-order valence-electron chi connectivity index (χ1n) is 5.45. The molecular formula is C13H15N. The monoisotopic (exact) mass is 185 g/mol. The molecule has 1 aromatic carbocycles. The van der Waals surface area contributed by atoms with Crippen LogP contribution in [0, 0.1) is 6.92 Å². The van der Waals surface area contributed by atoms with E-state index in [4.69, 9.17) is 0 Å². The molecule has 2 aromatic rings. The minimum absolute atomic E-state index is 1.26. The van der Waals surface area contributed by atoms with Gasteiger partial charge in [-0.2, -0.15) is 0 Å². The third-order valence-electron chi connectivity index (χ3n) is 3.39. The Balaban J connectivity index is 2.35. The fourth-order valence-corrected chi connectivity index (χ4v) is 2.58. The van der Waals surface area contributed by atoms with Crippen LogP contribution in [0.3, 0.4) is 0 Å². The zero-order valence-electron chi connectivity index (χ0n) is 8.56. The van der Waals surface area contributed by atoms with E-state index in [0.29, 0.717) is 0 Å². The van der Waals surface area contributed by atoms with Crippen LogP contribution < -0.4 is 0 Å². The lowest BCUT2D eigenvalue weighted by molar-refractivity contribution is 0.689. The molecule has 0 radical (unpaired) electrons. The van der Waals surface area contributed by atoms with E-state index in [1.807, 2.05) is 0 Å². The summed E-state index contributed by atoms with van der Waals surface area (Å²) in [5, 5.41) is 1.41. The summed E-state index contributed by atoms with van der Waals surface area (Å²) in [4.78, 5) is 3.42. The van der Waals surface area contributed by atoms with Gasteiger partial charge in [0.2, 0.25) is 0 Å². The lowest BCUT2D eigenvalue weighted by atomic mass is 9.90. The predicted octanol–water partition coefficient (Wildman–Crippen LogP) is 3.36. The van der Waals surface area contributed by atoms with Gasteiger partial charge in [-0.3, -0.25) is 0 Å². The number of hydrogen-bond donors (Lipinski definition) is 1. The maximum atomic E-state index is 3.42. The van der Waals surface area contributed by atoms with Crippen molar-refractivity contribution in [3.05, 3.63) is 35.0 Å². The quantitative estimate of drug-likeness (QED) is 0.647. The van der Waals surface area contributed by atoms with Gasteiger partial charge in [-0.1, -0.05) is 12.1 Å². The van der Waals surface area contributed by atoms with E-state index in [-0.39, 0.29) is 0 Å². The van der Waals surface area contributed by atoms with Crippen LogP contribution in [0.2, 0.25) is 0 Å². The minimum Gasteiger partial charge on any atom is -0.361 e. The molecular weight excluding hydrogens is 170 g/mol. The van der Waals surface area contributed by atoms with Gasteiger partial charge in [0.25, 0.3) is 0 Å². The Morgan fingerprint density at radius 1 is 1.14 bits per heavy atom. The Hall–Kier alpha value is -1.24. The summed E-state index contributed by atoms with van der Waals surface area (Å²) in [6.07, 6.45) is 7.36. The van der Waals surface area contributed by atoms with Gasteiger partial charge >= 0.3 is 0 Å². The minimum atomic E-state index is 1.26. The molecule has 14 heavy (non-hydrogen) atoms. The number of aromatic amines is 1. The second kappa shape index (κ2) is 2.88. The van der Waals surface area contributed by atoms with Crippen LogP contribution >= 0.6 is 0 Å². The third-order valence-corrected chi connectivity index (χ3v) is 3.39. The number of aryl methyl sites for hydroxylation is 3. The highest BCUT2D eigenvalue weighted by atomic mass is 14.7. The van der Waals surface area contributed by atoms with Gasteiger partial charge in [0.15, 0.2) is 0 Å². The lowest BCUT2D eigenvalue weighted by Gasteiger charge is -2.16. The van der Waals surface area contributed by atoms with Crippen LogP contribution in [-0.2, 0) is 12.8 Å². The number of hydrogen-bond acceptors (Lipinski definition) is 0. The normalized spacial score (nSPS) is 15.8. The van der Waals surface area contributed by atoms with E-state index < -0.39 is 0 Å². The van der Waals surface area contributed by atoms with Crippen molar-refractivity contribution in [1.29, 1.82) is 0 Å². The number of H-pyrrole nitrogens is 1. The summed E-state index contributed by atoms with van der Waals surface area (Å²) in [7, 11) is 0. The van der Waals surface area contributed by atoms with Crippen molar-refractivity contribution < 1.29 is 0 Å². The molecule has 0 saturated heterocycles. The van der Waals surface area contributed by atoms with Crippen LogP contribution in [-0.4, -0.2) is 4.98 Å². The van der Waals surface area contributed by atoms with Crippen LogP contribution in [0.25, 0.3) is 10.9 Å². The first kappa shape index (κ1) is 8.10. The molecule has 0 amide bonds. The first-order valence-corrected chi connectivity index (χ1v) is 5.45. The highest BCUT2D eigenvalue weighted by Crippen LogP contribution is 2.29. The Morgan fingerprint density at radius 3 is 2.93 bits per heavy atom. The van der Waals surface area contributed by atoms with Crippen molar-refractivity contribution in [2.75, 3.05) is 0 Å². The lowest BCUT2D eigenvalue weighted by Crippen LogP contribution is -2.02. The molecule has 72 valence electrons. The number of aromatic nitrogens is 1. The molecule has 0 fully saturated rings. The smallest absolute Gasteiger partial charge is 0.0492 e. The predicted molar refractivity (Wildman–Crippen MR) is 59.7 cm³/mol. The van der Waals surface area contributed by atoms with Crippen molar-refractivity contribution in [2.45, 2.75) is 32.6 Å². The van der Waals surface area contributed by atoms with E-state index in [9.17, 15) is 0 Å². The Kier molecular flexibility index (Phi) is 1.66. The second-order valence-electron chi connectivity index (χ2n) is 4.30. The summed E-state index contributed by atoms with van der Waals surface area (Å²) in [6.45, 7) is 2.17.